The molecule has 1 aliphatic carbocycles. The molecular formula is C28H30N4O11S. The number of amides is 3. The fourth-order valence-electron chi connectivity index (χ4n) is 5.94. The molecule has 0 aromatic heterocycles. The maximum absolute atomic E-state index is 13.4. The second-order valence-corrected chi connectivity index (χ2v) is 11.9. The van der Waals surface area contributed by atoms with Gasteiger partial charge in [-0.1, -0.05) is 24.3 Å². The van der Waals surface area contributed by atoms with Crippen molar-refractivity contribution in [2.45, 2.75) is 42.8 Å². The molecule has 5 rings (SSSR count). The third-order valence-electron chi connectivity index (χ3n) is 8.40. The van der Waals surface area contributed by atoms with Crippen molar-refractivity contribution in [1.29, 1.82) is 0 Å². The summed E-state index contributed by atoms with van der Waals surface area (Å²) in [5.74, 6) is -6.70. The summed E-state index contributed by atoms with van der Waals surface area (Å²) in [6.07, 6.45) is 0.122. The molecule has 3 aliphatic heterocycles. The van der Waals surface area contributed by atoms with Crippen LogP contribution in [0, 0.1) is 5.41 Å². The van der Waals surface area contributed by atoms with Gasteiger partial charge in [0.1, 0.15) is 17.7 Å². The number of likely N-dealkylation sites (tertiary alicyclic amines) is 1. The Balaban J connectivity index is 1.27. The summed E-state index contributed by atoms with van der Waals surface area (Å²) < 4.78 is 10.7. The molecule has 15 nitrogen and oxygen atoms in total. The number of fused-ring (bicyclic) bond motifs is 2. The minimum absolute atomic E-state index is 0.0294. The van der Waals surface area contributed by atoms with Crippen LogP contribution in [0.3, 0.4) is 0 Å². The van der Waals surface area contributed by atoms with Gasteiger partial charge in [-0.15, -0.1) is 11.8 Å². The zero-order valence-electron chi connectivity index (χ0n) is 23.6. The maximum atomic E-state index is 13.4. The molecule has 1 aromatic carbocycles. The highest BCUT2D eigenvalue weighted by molar-refractivity contribution is 8.00. The molecule has 0 saturated carbocycles. The standard InChI is InChI=1S/C28H30N4O11S/c1-42-28(23(38)32-18(22(36)37)14(13-44-24(28)32)12-43-26(41)31-10-4-5-11-31)30-21(35)17(29)8-9-27(25(39)40)19(33)15-6-2-3-7-16(15)20(27)34/h2-3,6-7,17,24H,4-5,8-13,29H2,1H3,(H,30,35)(H,36,37)(H,39,40)/t17?,24-,28-/m0/s1. The molecule has 234 valence electrons. The number of benzene rings is 1. The van der Waals surface area contributed by atoms with Crippen LogP contribution in [0.1, 0.15) is 46.4 Å². The summed E-state index contributed by atoms with van der Waals surface area (Å²) in [5.41, 5.74) is 1.35. The molecule has 3 atom stereocenters. The molecule has 1 aromatic rings. The number of carbonyl (C=O) groups excluding carboxylic acids is 5. The Kier molecular flexibility index (Phi) is 8.26. The highest BCUT2D eigenvalue weighted by Gasteiger charge is 2.67. The van der Waals surface area contributed by atoms with Crippen molar-refractivity contribution >= 4 is 53.2 Å². The molecule has 1 unspecified atom stereocenters. The van der Waals surface area contributed by atoms with Crippen LogP contribution in [-0.2, 0) is 28.7 Å². The molecule has 0 bridgehead atoms. The molecule has 3 heterocycles. The molecule has 2 fully saturated rings. The summed E-state index contributed by atoms with van der Waals surface area (Å²) in [6.45, 7) is 0.742. The predicted molar refractivity (Wildman–Crippen MR) is 150 cm³/mol. The Morgan fingerprint density at radius 1 is 1.09 bits per heavy atom. The van der Waals surface area contributed by atoms with Gasteiger partial charge in [-0.2, -0.15) is 0 Å². The normalized spacial score (nSPS) is 24.4. The van der Waals surface area contributed by atoms with Crippen molar-refractivity contribution in [2.75, 3.05) is 32.6 Å². The summed E-state index contributed by atoms with van der Waals surface area (Å²) in [5, 5.41) is 21.3. The Labute approximate surface area is 254 Å². The second kappa shape index (κ2) is 11.7. The van der Waals surface area contributed by atoms with Gasteiger partial charge in [-0.25, -0.2) is 9.59 Å². The number of nitrogens with one attached hydrogen (secondary N) is 1. The first-order valence-electron chi connectivity index (χ1n) is 13.8. The molecule has 4 aliphatic rings. The van der Waals surface area contributed by atoms with Gasteiger partial charge in [-0.3, -0.25) is 28.9 Å². The Hall–Kier alpha value is -4.28. The summed E-state index contributed by atoms with van der Waals surface area (Å²) in [4.78, 5) is 91.9. The Morgan fingerprint density at radius 2 is 1.70 bits per heavy atom. The molecule has 0 radical (unpaired) electrons. The number of ketones is 2. The van der Waals surface area contributed by atoms with Crippen LogP contribution in [0.15, 0.2) is 35.5 Å². The van der Waals surface area contributed by atoms with E-state index in [-0.39, 0.29) is 34.8 Å². The van der Waals surface area contributed by atoms with Crippen molar-refractivity contribution in [3.63, 3.8) is 0 Å². The van der Waals surface area contributed by atoms with Crippen LogP contribution in [0.4, 0.5) is 4.79 Å². The van der Waals surface area contributed by atoms with Crippen molar-refractivity contribution in [1.82, 2.24) is 15.1 Å². The van der Waals surface area contributed by atoms with Crippen molar-refractivity contribution in [2.24, 2.45) is 11.1 Å². The van der Waals surface area contributed by atoms with Crippen molar-refractivity contribution in [3.8, 4) is 0 Å². The molecule has 44 heavy (non-hydrogen) atoms. The number of carboxylic acids is 2. The van der Waals surface area contributed by atoms with Crippen LogP contribution < -0.4 is 11.1 Å². The quantitative estimate of drug-likeness (QED) is 0.154. The average molecular weight is 631 g/mol. The first-order chi connectivity index (χ1) is 20.9. The number of carbonyl (C=O) groups is 7. The van der Waals surface area contributed by atoms with E-state index in [4.69, 9.17) is 15.2 Å². The van der Waals surface area contributed by atoms with Crippen LogP contribution in [0.2, 0.25) is 0 Å². The molecule has 5 N–H and O–H groups in total. The number of hydrogen-bond acceptors (Lipinski definition) is 11. The number of ether oxygens (including phenoxy) is 2. The first-order valence-corrected chi connectivity index (χ1v) is 14.8. The molecule has 3 amide bonds. The fraction of sp³-hybridized carbons (Fsp3) is 0.464. The molecular weight excluding hydrogens is 600 g/mol. The zero-order chi connectivity index (χ0) is 32.0. The number of nitrogens with zero attached hydrogens (tertiary/aromatic N) is 2. The third kappa shape index (κ3) is 4.73. The lowest BCUT2D eigenvalue weighted by Crippen LogP contribution is -2.81. The minimum atomic E-state index is -2.45. The van der Waals surface area contributed by atoms with Crippen LogP contribution in [0.25, 0.3) is 0 Å². The van der Waals surface area contributed by atoms with E-state index < -0.39 is 76.8 Å². The maximum Gasteiger partial charge on any atom is 0.410 e. The number of Topliss-reactive ketones (excluding diaryl/α,β-unsaturated/α-hetero) is 2. The van der Waals surface area contributed by atoms with E-state index in [1.807, 2.05) is 0 Å². The van der Waals surface area contributed by atoms with E-state index >= 15 is 0 Å². The lowest BCUT2D eigenvalue weighted by molar-refractivity contribution is -0.192. The van der Waals surface area contributed by atoms with Gasteiger partial charge >= 0.3 is 18.0 Å². The number of aliphatic carboxylic acids is 2. The van der Waals surface area contributed by atoms with Gasteiger partial charge in [0, 0.05) is 42.7 Å². The molecule has 0 spiro atoms. The van der Waals surface area contributed by atoms with Gasteiger partial charge in [0.2, 0.25) is 5.91 Å². The minimum Gasteiger partial charge on any atom is -0.480 e. The van der Waals surface area contributed by atoms with E-state index in [0.29, 0.717) is 13.1 Å². The number of β-lactam (4-membered cyclic amide) rings is 1. The van der Waals surface area contributed by atoms with Crippen molar-refractivity contribution < 1.29 is 53.2 Å². The highest BCUT2D eigenvalue weighted by Crippen LogP contribution is 2.47. The number of nitrogens with two attached hydrogens (primary N) is 1. The smallest absolute Gasteiger partial charge is 0.410 e. The number of hydrogen-bond donors (Lipinski definition) is 4. The summed E-state index contributed by atoms with van der Waals surface area (Å²) in [6, 6.07) is 4.25. The van der Waals surface area contributed by atoms with Gasteiger partial charge < -0.3 is 35.6 Å². The van der Waals surface area contributed by atoms with Gasteiger partial charge in [0.15, 0.2) is 17.0 Å². The van der Waals surface area contributed by atoms with E-state index in [9.17, 15) is 43.8 Å². The monoisotopic (exact) mass is 630 g/mol. The van der Waals surface area contributed by atoms with Crippen LogP contribution in [0.5, 0.6) is 0 Å². The first kappa shape index (κ1) is 31.2. The van der Waals surface area contributed by atoms with Crippen LogP contribution in [-0.4, -0.2) is 111 Å². The average Bonchev–Trinajstić information content (AvgIpc) is 3.63. The number of rotatable bonds is 10. The highest BCUT2D eigenvalue weighted by atomic mass is 32.2. The topological polar surface area (TPSA) is 223 Å². The Bertz CT molecular complexity index is 1470. The zero-order valence-corrected chi connectivity index (χ0v) is 24.4. The lowest BCUT2D eigenvalue weighted by atomic mass is 9.77. The summed E-state index contributed by atoms with van der Waals surface area (Å²) >= 11 is 1.08. The molecule has 16 heteroatoms. The van der Waals surface area contributed by atoms with Crippen molar-refractivity contribution in [3.05, 3.63) is 46.7 Å². The number of thioether (sulfide) groups is 1. The van der Waals surface area contributed by atoms with E-state index in [1.54, 1.807) is 0 Å². The third-order valence-corrected chi connectivity index (χ3v) is 9.77. The van der Waals surface area contributed by atoms with E-state index in [2.05, 4.69) is 5.32 Å². The predicted octanol–water partition coefficient (Wildman–Crippen LogP) is 0.189. The second-order valence-electron chi connectivity index (χ2n) is 10.8. The number of methoxy groups -OCH3 is 1. The summed E-state index contributed by atoms with van der Waals surface area (Å²) in [7, 11) is 1.14. The Morgan fingerprint density at radius 3 is 2.25 bits per heavy atom. The molecule has 2 saturated heterocycles. The van der Waals surface area contributed by atoms with Gasteiger partial charge in [0.05, 0.1) is 6.04 Å². The van der Waals surface area contributed by atoms with Crippen LogP contribution >= 0.6 is 11.8 Å². The van der Waals surface area contributed by atoms with E-state index in [1.165, 1.54) is 29.2 Å². The fourth-order valence-corrected chi connectivity index (χ4v) is 7.36. The lowest BCUT2D eigenvalue weighted by Gasteiger charge is -2.55. The number of carboxylic acid groups (broad SMARTS) is 2. The largest absolute Gasteiger partial charge is 0.480 e. The van der Waals surface area contributed by atoms with Gasteiger partial charge in [0.25, 0.3) is 11.6 Å². The van der Waals surface area contributed by atoms with Gasteiger partial charge in [-0.05, 0) is 25.7 Å². The van der Waals surface area contributed by atoms with E-state index in [0.717, 1.165) is 36.6 Å². The SMILES string of the molecule is CO[C@@]1(NC(=O)C(N)CCC2(C(=O)O)C(=O)c3ccccc3C2=O)C(=O)N2C(C(=O)O)=C(COC(=O)N3CCCC3)CS[C@H]21.